The third-order valence-electron chi connectivity index (χ3n) is 3.93. The van der Waals surface area contributed by atoms with Gasteiger partial charge in [0.05, 0.1) is 25.4 Å². The van der Waals surface area contributed by atoms with Crippen molar-refractivity contribution in [2.75, 3.05) is 0 Å². The number of thiazole rings is 1. The molecule has 4 nitrogen and oxygen atoms in total. The fourth-order valence-corrected chi connectivity index (χ4v) is 5.35. The molecule has 8 heteroatoms. The topological polar surface area (TPSA) is 73.1 Å². The highest BCUT2D eigenvalue weighted by Gasteiger charge is 2.18. The summed E-state index contributed by atoms with van der Waals surface area (Å²) in [5.74, 6) is 0. The quantitative estimate of drug-likeness (QED) is 0.462. The van der Waals surface area contributed by atoms with E-state index < -0.39 is 10.0 Å². The Labute approximate surface area is 170 Å². The average Bonchev–Trinajstić information content (AvgIpc) is 3.31. The van der Waals surface area contributed by atoms with Crippen molar-refractivity contribution in [2.24, 2.45) is 5.14 Å². The standard InChI is InChI=1S/C19H13ClN2O2S3/c20-15-5-2-1-4-14(15)19-22-17(16-6-3-11-25-16)18(26-19)12-7-9-13(10-8-12)27(21,23)24/h1-11H,(H2,21,23,24). The number of aromatic nitrogens is 1. The lowest BCUT2D eigenvalue weighted by atomic mass is 10.1. The van der Waals surface area contributed by atoms with Crippen molar-refractivity contribution < 1.29 is 8.42 Å². The number of sulfonamides is 1. The summed E-state index contributed by atoms with van der Waals surface area (Å²) < 4.78 is 23.0. The first-order valence-corrected chi connectivity index (χ1v) is 11.5. The SMILES string of the molecule is NS(=O)(=O)c1ccc(-c2sc(-c3ccccc3Cl)nc2-c2cccs2)cc1. The number of nitrogens with two attached hydrogens (primary N) is 1. The monoisotopic (exact) mass is 432 g/mol. The number of thiophene rings is 1. The summed E-state index contributed by atoms with van der Waals surface area (Å²) in [4.78, 5) is 6.91. The van der Waals surface area contributed by atoms with Crippen molar-refractivity contribution in [3.05, 3.63) is 71.1 Å². The van der Waals surface area contributed by atoms with Crippen LogP contribution < -0.4 is 5.14 Å². The fraction of sp³-hybridized carbons (Fsp3) is 0. The number of rotatable bonds is 4. The van der Waals surface area contributed by atoms with Crippen LogP contribution in [0, 0.1) is 0 Å². The Hall–Kier alpha value is -2.03. The number of nitrogens with zero attached hydrogens (tertiary/aromatic N) is 1. The van der Waals surface area contributed by atoms with Crippen molar-refractivity contribution in [3.8, 4) is 31.6 Å². The predicted octanol–water partition coefficient (Wildman–Crippen LogP) is 5.51. The maximum atomic E-state index is 11.5. The van der Waals surface area contributed by atoms with Crippen LogP contribution in [-0.2, 0) is 10.0 Å². The summed E-state index contributed by atoms with van der Waals surface area (Å²) in [7, 11) is -3.73. The van der Waals surface area contributed by atoms with E-state index in [1.807, 2.05) is 41.8 Å². The zero-order valence-electron chi connectivity index (χ0n) is 13.8. The minimum Gasteiger partial charge on any atom is -0.234 e. The van der Waals surface area contributed by atoms with Crippen LogP contribution in [0.25, 0.3) is 31.6 Å². The van der Waals surface area contributed by atoms with Crippen molar-refractivity contribution >= 4 is 44.3 Å². The molecule has 0 unspecified atom stereocenters. The summed E-state index contributed by atoms with van der Waals surface area (Å²) in [6.45, 7) is 0. The molecule has 0 radical (unpaired) electrons. The molecule has 0 aliphatic carbocycles. The van der Waals surface area contributed by atoms with Crippen molar-refractivity contribution in [3.63, 3.8) is 0 Å². The molecule has 0 atom stereocenters. The smallest absolute Gasteiger partial charge is 0.234 e. The maximum absolute atomic E-state index is 11.5. The molecule has 4 rings (SSSR count). The van der Waals surface area contributed by atoms with Gasteiger partial charge >= 0.3 is 0 Å². The lowest BCUT2D eigenvalue weighted by Gasteiger charge is -2.02. The largest absolute Gasteiger partial charge is 0.238 e. The molecular weight excluding hydrogens is 420 g/mol. The van der Waals surface area contributed by atoms with Crippen LogP contribution in [0.1, 0.15) is 0 Å². The van der Waals surface area contributed by atoms with Gasteiger partial charge < -0.3 is 0 Å². The van der Waals surface area contributed by atoms with Gasteiger partial charge in [-0.15, -0.1) is 22.7 Å². The van der Waals surface area contributed by atoms with Crippen LogP contribution in [0.4, 0.5) is 0 Å². The molecule has 27 heavy (non-hydrogen) atoms. The minimum atomic E-state index is -3.73. The van der Waals surface area contributed by atoms with Crippen LogP contribution >= 0.6 is 34.3 Å². The summed E-state index contributed by atoms with van der Waals surface area (Å²) in [6.07, 6.45) is 0. The molecule has 0 saturated heterocycles. The van der Waals surface area contributed by atoms with Gasteiger partial charge in [-0.25, -0.2) is 18.5 Å². The zero-order valence-corrected chi connectivity index (χ0v) is 17.0. The van der Waals surface area contributed by atoms with Gasteiger partial charge in [-0.1, -0.05) is 48.0 Å². The van der Waals surface area contributed by atoms with E-state index >= 15 is 0 Å². The molecule has 0 fully saturated rings. The van der Waals surface area contributed by atoms with Gasteiger partial charge in [0.15, 0.2) is 0 Å². The Morgan fingerprint density at radius 1 is 0.963 bits per heavy atom. The van der Waals surface area contributed by atoms with Gasteiger partial charge in [-0.3, -0.25) is 0 Å². The van der Waals surface area contributed by atoms with Crippen LogP contribution in [-0.4, -0.2) is 13.4 Å². The molecule has 0 saturated carbocycles. The van der Waals surface area contributed by atoms with Crippen LogP contribution in [0.15, 0.2) is 70.9 Å². The van der Waals surface area contributed by atoms with E-state index in [0.29, 0.717) is 5.02 Å². The van der Waals surface area contributed by atoms with Crippen LogP contribution in [0.5, 0.6) is 0 Å². The normalized spacial score (nSPS) is 11.6. The predicted molar refractivity (Wildman–Crippen MR) is 113 cm³/mol. The molecule has 0 spiro atoms. The Morgan fingerprint density at radius 3 is 2.33 bits per heavy atom. The molecule has 0 aliphatic heterocycles. The maximum Gasteiger partial charge on any atom is 0.238 e. The number of hydrogen-bond acceptors (Lipinski definition) is 5. The van der Waals surface area contributed by atoms with E-state index in [9.17, 15) is 8.42 Å². The van der Waals surface area contributed by atoms with E-state index in [0.717, 1.165) is 31.6 Å². The first-order valence-electron chi connectivity index (χ1n) is 7.86. The Balaban J connectivity index is 1.88. The molecular formula is C19H13ClN2O2S3. The summed E-state index contributed by atoms with van der Waals surface area (Å²) in [5, 5.41) is 8.65. The van der Waals surface area contributed by atoms with E-state index in [-0.39, 0.29) is 4.90 Å². The molecule has 0 bridgehead atoms. The zero-order chi connectivity index (χ0) is 19.0. The third kappa shape index (κ3) is 3.69. The number of halogens is 1. The summed E-state index contributed by atoms with van der Waals surface area (Å²) >= 11 is 9.47. The molecule has 2 N–H and O–H groups in total. The highest BCUT2D eigenvalue weighted by atomic mass is 35.5. The molecule has 4 aromatic rings. The van der Waals surface area contributed by atoms with Crippen LogP contribution in [0.3, 0.4) is 0 Å². The van der Waals surface area contributed by atoms with Gasteiger partial charge in [0.2, 0.25) is 10.0 Å². The lowest BCUT2D eigenvalue weighted by Crippen LogP contribution is -2.11. The van der Waals surface area contributed by atoms with Gasteiger partial charge in [0, 0.05) is 5.56 Å². The van der Waals surface area contributed by atoms with Crippen molar-refractivity contribution in [1.29, 1.82) is 0 Å². The second-order valence-corrected chi connectivity index (χ2v) is 9.64. The van der Waals surface area contributed by atoms with E-state index in [1.54, 1.807) is 23.5 Å². The average molecular weight is 433 g/mol. The van der Waals surface area contributed by atoms with Crippen molar-refractivity contribution in [2.45, 2.75) is 4.90 Å². The molecule has 136 valence electrons. The highest BCUT2D eigenvalue weighted by Crippen LogP contribution is 2.43. The van der Waals surface area contributed by atoms with Gasteiger partial charge in [0.1, 0.15) is 5.01 Å². The van der Waals surface area contributed by atoms with E-state index in [4.69, 9.17) is 21.7 Å². The molecule has 2 heterocycles. The second-order valence-electron chi connectivity index (χ2n) is 5.72. The fourth-order valence-electron chi connectivity index (χ4n) is 2.64. The molecule has 0 aliphatic rings. The Bertz CT molecular complexity index is 1200. The Morgan fingerprint density at radius 2 is 1.70 bits per heavy atom. The van der Waals surface area contributed by atoms with E-state index in [2.05, 4.69) is 0 Å². The van der Waals surface area contributed by atoms with Gasteiger partial charge in [-0.2, -0.15) is 0 Å². The number of primary sulfonamides is 1. The summed E-state index contributed by atoms with van der Waals surface area (Å²) in [6, 6.07) is 18.1. The van der Waals surface area contributed by atoms with Gasteiger partial charge in [-0.05, 0) is 35.2 Å². The molecule has 2 aromatic heterocycles. The van der Waals surface area contributed by atoms with Crippen molar-refractivity contribution in [1.82, 2.24) is 4.98 Å². The first kappa shape index (κ1) is 18.3. The van der Waals surface area contributed by atoms with Crippen LogP contribution in [0.2, 0.25) is 5.02 Å². The highest BCUT2D eigenvalue weighted by molar-refractivity contribution is 7.89. The molecule has 0 amide bonds. The minimum absolute atomic E-state index is 0.0831. The number of benzene rings is 2. The Kier molecular flexibility index (Phi) is 4.88. The molecule has 2 aromatic carbocycles. The number of hydrogen-bond donors (Lipinski definition) is 1. The van der Waals surface area contributed by atoms with E-state index in [1.165, 1.54) is 23.5 Å². The second kappa shape index (κ2) is 7.18. The van der Waals surface area contributed by atoms with Gasteiger partial charge in [0.25, 0.3) is 0 Å². The first-order chi connectivity index (χ1) is 12.9. The lowest BCUT2D eigenvalue weighted by molar-refractivity contribution is 0.598. The summed E-state index contributed by atoms with van der Waals surface area (Å²) in [5.41, 5.74) is 2.60. The third-order valence-corrected chi connectivity index (χ3v) is 7.20.